The number of nitrogens with one attached hydrogen (secondary N) is 2. The molecule has 0 aliphatic rings. The molecular weight excluding hydrogens is 441 g/mol. The van der Waals surface area contributed by atoms with Gasteiger partial charge in [0.2, 0.25) is 0 Å². The van der Waals surface area contributed by atoms with Crippen LogP contribution in [0, 0.1) is 5.82 Å². The highest BCUT2D eigenvalue weighted by Crippen LogP contribution is 2.30. The summed E-state index contributed by atoms with van der Waals surface area (Å²) in [5, 5.41) is 14.8. The van der Waals surface area contributed by atoms with E-state index in [0.29, 0.717) is 10.7 Å². The maximum Gasteiger partial charge on any atom is 0.255 e. The number of carbonyl (C=O) groups is 1. The van der Waals surface area contributed by atoms with Gasteiger partial charge in [0.1, 0.15) is 5.82 Å². The number of halogens is 2. The summed E-state index contributed by atoms with van der Waals surface area (Å²) in [6, 6.07) is 5.68. The molecule has 2 aromatic heterocycles. The number of hydrogen-bond acceptors (Lipinski definition) is 8. The highest BCUT2D eigenvalue weighted by atomic mass is 35.5. The van der Waals surface area contributed by atoms with Crippen LogP contribution in [0.4, 0.5) is 15.9 Å². The van der Waals surface area contributed by atoms with Crippen molar-refractivity contribution < 1.29 is 23.8 Å². The number of aliphatic hydroxyl groups is 1. The van der Waals surface area contributed by atoms with Gasteiger partial charge in [0.05, 0.1) is 49.9 Å². The number of methoxy groups -OCH3 is 1. The summed E-state index contributed by atoms with van der Waals surface area (Å²) in [7, 11) is 1.44. The van der Waals surface area contributed by atoms with Gasteiger partial charge in [-0.3, -0.25) is 9.78 Å². The van der Waals surface area contributed by atoms with Gasteiger partial charge in [-0.25, -0.2) is 14.4 Å². The van der Waals surface area contributed by atoms with Crippen LogP contribution in [0.5, 0.6) is 5.75 Å². The third kappa shape index (κ3) is 5.88. The van der Waals surface area contributed by atoms with Crippen molar-refractivity contribution in [2.75, 3.05) is 38.8 Å². The molecule has 0 spiro atoms. The summed E-state index contributed by atoms with van der Waals surface area (Å²) < 4.78 is 24.7. The highest BCUT2D eigenvalue weighted by molar-refractivity contribution is 6.30. The topological polar surface area (TPSA) is 118 Å². The van der Waals surface area contributed by atoms with E-state index in [1.807, 2.05) is 0 Å². The number of benzene rings is 1. The Bertz CT molecular complexity index is 1090. The van der Waals surface area contributed by atoms with Crippen molar-refractivity contribution in [2.45, 2.75) is 0 Å². The molecule has 0 saturated heterocycles. The molecule has 0 atom stereocenters. The number of anilines is 2. The van der Waals surface area contributed by atoms with E-state index in [9.17, 15) is 9.18 Å². The average molecular weight is 462 g/mol. The zero-order valence-corrected chi connectivity index (χ0v) is 17.9. The van der Waals surface area contributed by atoms with Crippen LogP contribution in [0.2, 0.25) is 5.02 Å². The average Bonchev–Trinajstić information content (AvgIpc) is 2.80. The Kier molecular flexibility index (Phi) is 8.26. The second-order valence-corrected chi connectivity index (χ2v) is 6.81. The van der Waals surface area contributed by atoms with Crippen molar-refractivity contribution in [3.63, 3.8) is 0 Å². The van der Waals surface area contributed by atoms with Crippen LogP contribution in [-0.2, 0) is 4.74 Å². The fourth-order valence-electron chi connectivity index (χ4n) is 2.72. The fraction of sp³-hybridized carbons (Fsp3) is 0.238. The van der Waals surface area contributed by atoms with Crippen LogP contribution in [0.3, 0.4) is 0 Å². The summed E-state index contributed by atoms with van der Waals surface area (Å²) in [6.07, 6.45) is 4.30. The fourth-order valence-corrected chi connectivity index (χ4v) is 2.89. The largest absolute Gasteiger partial charge is 0.491 e. The van der Waals surface area contributed by atoms with Gasteiger partial charge < -0.3 is 25.2 Å². The summed E-state index contributed by atoms with van der Waals surface area (Å²) >= 11 is 5.98. The molecule has 0 aliphatic carbocycles. The van der Waals surface area contributed by atoms with E-state index in [-0.39, 0.29) is 60.8 Å². The third-order valence-corrected chi connectivity index (χ3v) is 4.47. The zero-order chi connectivity index (χ0) is 22.9. The molecular formula is C21H21ClFN5O4. The molecule has 1 amide bonds. The SMILES string of the molecule is COc1cnc(-c2cc(Cl)ccc2F)nc1Nc1ccncc1C(=O)NCCOCCO. The van der Waals surface area contributed by atoms with Gasteiger partial charge in [-0.05, 0) is 24.3 Å². The van der Waals surface area contributed by atoms with Crippen molar-refractivity contribution in [3.05, 3.63) is 59.3 Å². The molecule has 3 N–H and O–H groups in total. The smallest absolute Gasteiger partial charge is 0.255 e. The molecule has 3 aromatic rings. The van der Waals surface area contributed by atoms with Crippen LogP contribution < -0.4 is 15.4 Å². The second-order valence-electron chi connectivity index (χ2n) is 6.37. The van der Waals surface area contributed by atoms with Crippen LogP contribution in [0.15, 0.2) is 42.9 Å². The predicted molar refractivity (Wildman–Crippen MR) is 117 cm³/mol. The van der Waals surface area contributed by atoms with Crippen molar-refractivity contribution >= 4 is 29.0 Å². The van der Waals surface area contributed by atoms with Crippen molar-refractivity contribution in [1.29, 1.82) is 0 Å². The van der Waals surface area contributed by atoms with Crippen LogP contribution in [0.1, 0.15) is 10.4 Å². The van der Waals surface area contributed by atoms with Gasteiger partial charge in [-0.2, -0.15) is 0 Å². The van der Waals surface area contributed by atoms with E-state index in [0.717, 1.165) is 0 Å². The minimum absolute atomic E-state index is 0.0908. The van der Waals surface area contributed by atoms with Gasteiger partial charge in [0.25, 0.3) is 5.91 Å². The lowest BCUT2D eigenvalue weighted by Crippen LogP contribution is -2.28. The van der Waals surface area contributed by atoms with Gasteiger partial charge in [-0.1, -0.05) is 11.6 Å². The molecule has 3 rings (SSSR count). The Hall–Kier alpha value is -3.34. The van der Waals surface area contributed by atoms with Crippen LogP contribution in [-0.4, -0.2) is 59.4 Å². The standard InChI is InChI=1S/C21H21ClFN5O4/c1-31-18-12-26-19(14-10-13(22)2-3-16(14)23)28-20(18)27-17-4-5-24-11-15(17)21(30)25-6-8-32-9-7-29/h2-5,10-12,29H,6-9H2,1H3,(H,25,30)(H,24,26,27,28). The van der Waals surface area contributed by atoms with Gasteiger partial charge in [0, 0.05) is 24.0 Å². The first-order valence-corrected chi connectivity index (χ1v) is 9.95. The Balaban J connectivity index is 1.85. The molecule has 0 fully saturated rings. The zero-order valence-electron chi connectivity index (χ0n) is 17.1. The molecule has 0 aliphatic heterocycles. The molecule has 0 bridgehead atoms. The van der Waals surface area contributed by atoms with E-state index in [2.05, 4.69) is 25.6 Å². The Morgan fingerprint density at radius 3 is 2.88 bits per heavy atom. The maximum absolute atomic E-state index is 14.3. The monoisotopic (exact) mass is 461 g/mol. The number of pyridine rings is 1. The lowest BCUT2D eigenvalue weighted by molar-refractivity contribution is 0.0838. The first-order valence-electron chi connectivity index (χ1n) is 9.57. The summed E-state index contributed by atoms with van der Waals surface area (Å²) in [5.74, 6) is -0.310. The number of aromatic nitrogens is 3. The number of nitrogens with zero attached hydrogens (tertiary/aromatic N) is 3. The molecule has 0 saturated carbocycles. The van der Waals surface area contributed by atoms with Crippen LogP contribution in [0.25, 0.3) is 11.4 Å². The summed E-state index contributed by atoms with van der Waals surface area (Å²) in [4.78, 5) is 25.1. The quantitative estimate of drug-likeness (QED) is 0.394. The molecule has 11 heteroatoms. The van der Waals surface area contributed by atoms with Gasteiger partial charge >= 0.3 is 0 Å². The van der Waals surface area contributed by atoms with Crippen molar-refractivity contribution in [2.24, 2.45) is 0 Å². The lowest BCUT2D eigenvalue weighted by Gasteiger charge is -2.14. The maximum atomic E-state index is 14.3. The Labute approximate surface area is 188 Å². The van der Waals surface area contributed by atoms with Gasteiger partial charge in [0.15, 0.2) is 17.4 Å². The third-order valence-electron chi connectivity index (χ3n) is 4.23. The van der Waals surface area contributed by atoms with Gasteiger partial charge in [-0.15, -0.1) is 0 Å². The van der Waals surface area contributed by atoms with E-state index >= 15 is 0 Å². The normalized spacial score (nSPS) is 10.6. The van der Waals surface area contributed by atoms with Crippen LogP contribution >= 0.6 is 11.6 Å². The summed E-state index contributed by atoms with van der Waals surface area (Å²) in [6.45, 7) is 0.608. The predicted octanol–water partition coefficient (Wildman–Crippen LogP) is 2.82. The number of carbonyl (C=O) groups excluding carboxylic acids is 1. The molecule has 2 heterocycles. The van der Waals surface area contributed by atoms with Crippen molar-refractivity contribution in [1.82, 2.24) is 20.3 Å². The molecule has 0 unspecified atom stereocenters. The van der Waals surface area contributed by atoms with E-state index in [1.54, 1.807) is 6.07 Å². The summed E-state index contributed by atoms with van der Waals surface area (Å²) in [5.41, 5.74) is 0.785. The minimum Gasteiger partial charge on any atom is -0.491 e. The second kappa shape index (κ2) is 11.3. The first kappa shape index (κ1) is 23.3. The highest BCUT2D eigenvalue weighted by Gasteiger charge is 2.17. The number of rotatable bonds is 10. The Morgan fingerprint density at radius 1 is 1.25 bits per heavy atom. The Morgan fingerprint density at radius 2 is 2.09 bits per heavy atom. The number of hydrogen-bond donors (Lipinski definition) is 3. The minimum atomic E-state index is -0.530. The molecule has 1 aromatic carbocycles. The molecule has 0 radical (unpaired) electrons. The van der Waals surface area contributed by atoms with Crippen molar-refractivity contribution in [3.8, 4) is 17.1 Å². The lowest BCUT2D eigenvalue weighted by atomic mass is 10.2. The first-order chi connectivity index (χ1) is 15.5. The molecule has 32 heavy (non-hydrogen) atoms. The number of ether oxygens (including phenoxy) is 2. The van der Waals surface area contributed by atoms with E-state index in [1.165, 1.54) is 43.9 Å². The molecule has 9 nitrogen and oxygen atoms in total. The van der Waals surface area contributed by atoms with E-state index < -0.39 is 5.82 Å². The molecule has 168 valence electrons. The number of amides is 1. The van der Waals surface area contributed by atoms with E-state index in [4.69, 9.17) is 26.2 Å². The number of aliphatic hydroxyl groups excluding tert-OH is 1.